The lowest BCUT2D eigenvalue weighted by Gasteiger charge is -2.11. The molecule has 1 aromatic heterocycles. The van der Waals surface area contributed by atoms with Gasteiger partial charge in [-0.3, -0.25) is 0 Å². The number of carbonyl (C=O) groups is 1. The topological polar surface area (TPSA) is 72.3 Å². The first kappa shape index (κ1) is 14.3. The molecule has 0 radical (unpaired) electrons. The second-order valence-electron chi connectivity index (χ2n) is 4.85. The Bertz CT molecular complexity index is 459. The largest absolute Gasteiger partial charge is 0.476 e. The van der Waals surface area contributed by atoms with Crippen LogP contribution in [-0.4, -0.2) is 39.5 Å². The van der Waals surface area contributed by atoms with Crippen LogP contribution in [0.2, 0.25) is 0 Å². The summed E-state index contributed by atoms with van der Waals surface area (Å²) in [5.74, 6) is 0.443. The molecule has 1 saturated heterocycles. The van der Waals surface area contributed by atoms with Gasteiger partial charge in [-0.25, -0.2) is 14.8 Å². The van der Waals surface area contributed by atoms with Crippen LogP contribution in [0.3, 0.4) is 0 Å². The quantitative estimate of drug-likeness (QED) is 0.837. The predicted octanol–water partition coefficient (Wildman–Crippen LogP) is 2.57. The Morgan fingerprint density at radius 1 is 1.63 bits per heavy atom. The Balaban J connectivity index is 2.11. The first-order valence-corrected chi connectivity index (χ1v) is 7.41. The molecule has 1 aliphatic rings. The van der Waals surface area contributed by atoms with E-state index >= 15 is 0 Å². The highest BCUT2D eigenvalue weighted by atomic mass is 32.2. The Morgan fingerprint density at radius 3 is 3.00 bits per heavy atom. The lowest BCUT2D eigenvalue weighted by Crippen LogP contribution is -2.11. The minimum Gasteiger partial charge on any atom is -0.476 e. The van der Waals surface area contributed by atoms with Crippen molar-refractivity contribution in [2.75, 3.05) is 12.4 Å². The van der Waals surface area contributed by atoms with Crippen LogP contribution in [0.4, 0.5) is 0 Å². The van der Waals surface area contributed by atoms with Crippen molar-refractivity contribution in [3.8, 4) is 0 Å². The predicted molar refractivity (Wildman–Crippen MR) is 72.8 cm³/mol. The van der Waals surface area contributed by atoms with Gasteiger partial charge in [-0.1, -0.05) is 13.8 Å². The van der Waals surface area contributed by atoms with E-state index in [1.54, 1.807) is 6.20 Å². The fourth-order valence-electron chi connectivity index (χ4n) is 1.88. The molecule has 5 nitrogen and oxygen atoms in total. The second kappa shape index (κ2) is 6.34. The Kier molecular flexibility index (Phi) is 4.76. The molecule has 0 spiro atoms. The molecule has 1 aromatic rings. The summed E-state index contributed by atoms with van der Waals surface area (Å²) in [6, 6.07) is 0. The van der Waals surface area contributed by atoms with Crippen molar-refractivity contribution in [1.29, 1.82) is 0 Å². The molecule has 0 aromatic carbocycles. The van der Waals surface area contributed by atoms with Gasteiger partial charge in [0.15, 0.2) is 5.69 Å². The number of carboxylic acid groups (broad SMARTS) is 1. The number of hydrogen-bond acceptors (Lipinski definition) is 5. The molecule has 1 N–H and O–H groups in total. The summed E-state index contributed by atoms with van der Waals surface area (Å²) in [4.78, 5) is 20.3. The lowest BCUT2D eigenvalue weighted by atomic mass is 10.2. The van der Waals surface area contributed by atoms with Gasteiger partial charge in [0.25, 0.3) is 0 Å². The highest BCUT2D eigenvalue weighted by molar-refractivity contribution is 7.99. The first-order chi connectivity index (χ1) is 9.08. The Morgan fingerprint density at radius 2 is 2.42 bits per heavy atom. The van der Waals surface area contributed by atoms with E-state index in [2.05, 4.69) is 9.97 Å². The molecule has 2 rings (SSSR count). The molecule has 2 heterocycles. The minimum atomic E-state index is -1.00. The third kappa shape index (κ3) is 3.67. The summed E-state index contributed by atoms with van der Waals surface area (Å²) in [7, 11) is 0. The van der Waals surface area contributed by atoms with Crippen LogP contribution in [0.5, 0.6) is 0 Å². The molecule has 0 aliphatic carbocycles. The number of aromatic carboxylic acids is 1. The van der Waals surface area contributed by atoms with Gasteiger partial charge >= 0.3 is 5.97 Å². The average Bonchev–Trinajstić information content (AvgIpc) is 2.89. The highest BCUT2D eigenvalue weighted by Crippen LogP contribution is 2.26. The van der Waals surface area contributed by atoms with Crippen molar-refractivity contribution in [3.05, 3.63) is 17.7 Å². The van der Waals surface area contributed by atoms with Gasteiger partial charge in [0, 0.05) is 24.5 Å². The normalized spacial score (nSPS) is 19.0. The summed E-state index contributed by atoms with van der Waals surface area (Å²) >= 11 is 1.46. The van der Waals surface area contributed by atoms with E-state index in [1.165, 1.54) is 11.8 Å². The number of nitrogens with zero attached hydrogens (tertiary/aromatic N) is 2. The van der Waals surface area contributed by atoms with Crippen LogP contribution in [0.25, 0.3) is 0 Å². The van der Waals surface area contributed by atoms with Gasteiger partial charge in [0.2, 0.25) is 0 Å². The molecule has 0 amide bonds. The molecule has 0 bridgehead atoms. The molecule has 104 valence electrons. The van der Waals surface area contributed by atoms with Gasteiger partial charge in [-0.2, -0.15) is 0 Å². The summed E-state index contributed by atoms with van der Waals surface area (Å²) < 4.78 is 5.53. The number of hydrogen-bond donors (Lipinski definition) is 1. The second-order valence-corrected chi connectivity index (χ2v) is 5.91. The van der Waals surface area contributed by atoms with Crippen molar-refractivity contribution >= 4 is 17.7 Å². The maximum absolute atomic E-state index is 11.3. The zero-order valence-electron chi connectivity index (χ0n) is 11.1. The zero-order valence-corrected chi connectivity index (χ0v) is 11.9. The van der Waals surface area contributed by atoms with E-state index in [-0.39, 0.29) is 17.7 Å². The summed E-state index contributed by atoms with van der Waals surface area (Å²) in [6.07, 6.45) is 3.96. The maximum Gasteiger partial charge on any atom is 0.355 e. The molecule has 1 atom stereocenters. The van der Waals surface area contributed by atoms with Crippen molar-refractivity contribution in [2.45, 2.75) is 43.6 Å². The third-order valence-corrected chi connectivity index (χ3v) is 4.09. The van der Waals surface area contributed by atoms with E-state index in [1.807, 2.05) is 13.8 Å². The molecule has 6 heteroatoms. The van der Waals surface area contributed by atoms with Gasteiger partial charge in [0.05, 0.1) is 11.0 Å². The number of thioether (sulfide) groups is 1. The van der Waals surface area contributed by atoms with Gasteiger partial charge in [-0.15, -0.1) is 11.8 Å². The third-order valence-electron chi connectivity index (χ3n) is 2.94. The average molecular weight is 282 g/mol. The van der Waals surface area contributed by atoms with Crippen LogP contribution < -0.4 is 0 Å². The lowest BCUT2D eigenvalue weighted by molar-refractivity contribution is 0.0685. The summed E-state index contributed by atoms with van der Waals surface area (Å²) in [6.45, 7) is 4.69. The van der Waals surface area contributed by atoms with Gasteiger partial charge < -0.3 is 9.84 Å². The Labute approximate surface area is 116 Å². The van der Waals surface area contributed by atoms with E-state index in [4.69, 9.17) is 4.74 Å². The molecule has 1 unspecified atom stereocenters. The van der Waals surface area contributed by atoms with E-state index in [0.29, 0.717) is 10.7 Å². The molecule has 0 saturated carbocycles. The fraction of sp³-hybridized carbons (Fsp3) is 0.615. The number of rotatable bonds is 5. The standard InChI is InChI=1S/C13H18N2O3S/c1-8(2)12-14-6-10(11(15-12)13(16)17)19-7-9-4-3-5-18-9/h6,8-9H,3-5,7H2,1-2H3,(H,16,17). The van der Waals surface area contributed by atoms with Crippen molar-refractivity contribution in [2.24, 2.45) is 0 Å². The molecule has 19 heavy (non-hydrogen) atoms. The van der Waals surface area contributed by atoms with Crippen molar-refractivity contribution in [1.82, 2.24) is 9.97 Å². The van der Waals surface area contributed by atoms with E-state index in [9.17, 15) is 9.90 Å². The summed E-state index contributed by atoms with van der Waals surface area (Å²) in [5.41, 5.74) is 0.0988. The highest BCUT2D eigenvalue weighted by Gasteiger charge is 2.20. The molecule has 1 fully saturated rings. The number of ether oxygens (including phenoxy) is 1. The van der Waals surface area contributed by atoms with Crippen LogP contribution in [0.1, 0.15) is 48.9 Å². The first-order valence-electron chi connectivity index (χ1n) is 6.42. The van der Waals surface area contributed by atoms with E-state index in [0.717, 1.165) is 25.2 Å². The monoisotopic (exact) mass is 282 g/mol. The minimum absolute atomic E-state index is 0.0988. The van der Waals surface area contributed by atoms with Gasteiger partial charge in [-0.05, 0) is 12.8 Å². The fourth-order valence-corrected chi connectivity index (χ4v) is 2.91. The number of carboxylic acids is 1. The van der Waals surface area contributed by atoms with Crippen molar-refractivity contribution < 1.29 is 14.6 Å². The zero-order chi connectivity index (χ0) is 13.8. The van der Waals surface area contributed by atoms with Gasteiger partial charge in [0.1, 0.15) is 5.82 Å². The smallest absolute Gasteiger partial charge is 0.355 e. The molecular formula is C13H18N2O3S. The van der Waals surface area contributed by atoms with Crippen LogP contribution in [0.15, 0.2) is 11.1 Å². The van der Waals surface area contributed by atoms with Crippen LogP contribution >= 0.6 is 11.8 Å². The maximum atomic E-state index is 11.3. The van der Waals surface area contributed by atoms with Crippen LogP contribution in [-0.2, 0) is 4.74 Å². The number of aromatic nitrogens is 2. The SMILES string of the molecule is CC(C)c1ncc(SCC2CCCO2)c(C(=O)O)n1. The molecule has 1 aliphatic heterocycles. The van der Waals surface area contributed by atoms with Crippen molar-refractivity contribution in [3.63, 3.8) is 0 Å². The van der Waals surface area contributed by atoms with Crippen LogP contribution in [0, 0.1) is 0 Å². The van der Waals surface area contributed by atoms with E-state index < -0.39 is 5.97 Å². The summed E-state index contributed by atoms with van der Waals surface area (Å²) in [5, 5.41) is 9.23. The Hall–Kier alpha value is -1.14. The molecular weight excluding hydrogens is 264 g/mol.